The minimum absolute atomic E-state index is 0.0880. The third-order valence-corrected chi connectivity index (χ3v) is 8.22. The van der Waals surface area contributed by atoms with Crippen LogP contribution in [0, 0.1) is 16.7 Å². The van der Waals surface area contributed by atoms with Gasteiger partial charge in [0.1, 0.15) is 0 Å². The topological polar surface area (TPSA) is 66.8 Å². The lowest BCUT2D eigenvalue weighted by atomic mass is 9.70. The minimum atomic E-state index is -3.32. The van der Waals surface area contributed by atoms with E-state index in [1.165, 1.54) is 0 Å². The van der Waals surface area contributed by atoms with Gasteiger partial charge in [-0.2, -0.15) is 4.31 Å². The summed E-state index contributed by atoms with van der Waals surface area (Å²) >= 11 is 0. The Bertz CT molecular complexity index is 483. The quantitative estimate of drug-likeness (QED) is 0.839. The molecule has 0 aromatic carbocycles. The molecule has 116 valence electrons. The van der Waals surface area contributed by atoms with Gasteiger partial charge in [-0.15, -0.1) is 0 Å². The van der Waals surface area contributed by atoms with Crippen molar-refractivity contribution in [1.82, 2.24) is 4.31 Å². The lowest BCUT2D eigenvalue weighted by Crippen LogP contribution is -2.50. The second-order valence-electron chi connectivity index (χ2n) is 7.13. The summed E-state index contributed by atoms with van der Waals surface area (Å²) in [7, 11) is -3.32. The molecule has 0 spiro atoms. The van der Waals surface area contributed by atoms with Crippen molar-refractivity contribution < 1.29 is 18.3 Å². The monoisotopic (exact) mass is 303 g/mol. The van der Waals surface area contributed by atoms with Crippen LogP contribution in [0.15, 0.2) is 0 Å². The van der Waals surface area contributed by atoms with Crippen molar-refractivity contribution in [2.75, 3.05) is 32.1 Å². The van der Waals surface area contributed by atoms with Crippen LogP contribution >= 0.6 is 0 Å². The van der Waals surface area contributed by atoms with Gasteiger partial charge in [0.05, 0.1) is 25.1 Å². The van der Waals surface area contributed by atoms with E-state index in [0.29, 0.717) is 32.2 Å². The second-order valence-corrected chi connectivity index (χ2v) is 9.10. The Balaban J connectivity index is 1.86. The van der Waals surface area contributed by atoms with Crippen molar-refractivity contribution in [1.29, 1.82) is 0 Å². The number of nitrogens with zero attached hydrogens (tertiary/aromatic N) is 1. The molecule has 0 unspecified atom stereocenters. The van der Waals surface area contributed by atoms with Crippen molar-refractivity contribution in [2.45, 2.75) is 39.2 Å². The van der Waals surface area contributed by atoms with Crippen LogP contribution in [0.3, 0.4) is 0 Å². The first kappa shape index (κ1) is 14.8. The molecule has 3 fully saturated rings. The summed E-state index contributed by atoms with van der Waals surface area (Å²) in [6, 6.07) is 0. The van der Waals surface area contributed by atoms with Crippen molar-refractivity contribution >= 4 is 10.0 Å². The van der Waals surface area contributed by atoms with E-state index in [-0.39, 0.29) is 11.2 Å². The number of morpholine rings is 1. The van der Waals surface area contributed by atoms with Crippen molar-refractivity contribution in [3.8, 4) is 0 Å². The van der Waals surface area contributed by atoms with Gasteiger partial charge in [-0.05, 0) is 30.6 Å². The van der Waals surface area contributed by atoms with Crippen molar-refractivity contribution in [2.24, 2.45) is 16.7 Å². The molecule has 0 aromatic heterocycles. The Morgan fingerprint density at radius 3 is 2.45 bits per heavy atom. The average molecular weight is 303 g/mol. The summed E-state index contributed by atoms with van der Waals surface area (Å²) in [5.74, 6) is 0.544. The molecule has 2 bridgehead atoms. The molecule has 0 radical (unpaired) electrons. The molecular weight excluding hydrogens is 278 g/mol. The van der Waals surface area contributed by atoms with E-state index in [4.69, 9.17) is 4.74 Å². The molecule has 2 aliphatic carbocycles. The van der Waals surface area contributed by atoms with Gasteiger partial charge in [-0.25, -0.2) is 8.42 Å². The standard InChI is InChI=1S/C14H25NO4S/c1-13(2)11-3-4-14(13,12(16)9-11)10-20(17,18)15-5-7-19-8-6-15/h11-12,16H,3-10H2,1-2H3/t11-,12-,14-/m1/s1. The maximum absolute atomic E-state index is 12.7. The van der Waals surface area contributed by atoms with Crippen LogP contribution in [0.4, 0.5) is 0 Å². The fourth-order valence-corrected chi connectivity index (χ4v) is 6.87. The second kappa shape index (κ2) is 4.66. The Morgan fingerprint density at radius 1 is 1.30 bits per heavy atom. The zero-order chi connectivity index (χ0) is 14.6. The van der Waals surface area contributed by atoms with E-state index in [1.807, 2.05) is 0 Å². The molecule has 3 atom stereocenters. The van der Waals surface area contributed by atoms with Crippen LogP contribution in [-0.4, -0.2) is 56.0 Å². The minimum Gasteiger partial charge on any atom is -0.392 e. The van der Waals surface area contributed by atoms with Crippen LogP contribution in [0.2, 0.25) is 0 Å². The first-order chi connectivity index (χ1) is 9.30. The molecular formula is C14H25NO4S. The van der Waals surface area contributed by atoms with Gasteiger partial charge in [0.15, 0.2) is 0 Å². The number of aliphatic hydroxyl groups excluding tert-OH is 1. The summed E-state index contributed by atoms with van der Waals surface area (Å²) in [5.41, 5.74) is -0.555. The summed E-state index contributed by atoms with van der Waals surface area (Å²) in [6.07, 6.45) is 2.15. The van der Waals surface area contributed by atoms with Gasteiger partial charge >= 0.3 is 0 Å². The maximum atomic E-state index is 12.7. The third kappa shape index (κ3) is 1.95. The summed E-state index contributed by atoms with van der Waals surface area (Å²) in [6.45, 7) is 6.10. The molecule has 5 nitrogen and oxygen atoms in total. The molecule has 6 heteroatoms. The fourth-order valence-electron chi connectivity index (χ4n) is 4.62. The van der Waals surface area contributed by atoms with E-state index in [0.717, 1.165) is 19.3 Å². The highest BCUT2D eigenvalue weighted by Gasteiger charge is 2.65. The Kier molecular flexibility index (Phi) is 3.44. The Labute approximate surface area is 121 Å². The molecule has 1 aliphatic heterocycles. The predicted molar refractivity (Wildman–Crippen MR) is 75.7 cm³/mol. The summed E-state index contributed by atoms with van der Waals surface area (Å²) in [5, 5.41) is 10.5. The lowest BCUT2D eigenvalue weighted by Gasteiger charge is -2.41. The van der Waals surface area contributed by atoms with E-state index in [2.05, 4.69) is 13.8 Å². The van der Waals surface area contributed by atoms with E-state index in [9.17, 15) is 13.5 Å². The maximum Gasteiger partial charge on any atom is 0.214 e. The van der Waals surface area contributed by atoms with Gasteiger partial charge in [-0.3, -0.25) is 0 Å². The Hall–Kier alpha value is -0.170. The van der Waals surface area contributed by atoms with Crippen LogP contribution < -0.4 is 0 Å². The molecule has 20 heavy (non-hydrogen) atoms. The van der Waals surface area contributed by atoms with Gasteiger partial charge in [0.2, 0.25) is 10.0 Å². The number of ether oxygens (including phenoxy) is 1. The van der Waals surface area contributed by atoms with Crippen LogP contribution in [0.5, 0.6) is 0 Å². The molecule has 3 rings (SSSR count). The fraction of sp³-hybridized carbons (Fsp3) is 1.00. The molecule has 0 aromatic rings. The van der Waals surface area contributed by atoms with Crippen LogP contribution in [0.25, 0.3) is 0 Å². The summed E-state index contributed by atoms with van der Waals surface area (Å²) < 4.78 is 32.2. The number of hydrogen-bond donors (Lipinski definition) is 1. The van der Waals surface area contributed by atoms with E-state index in [1.54, 1.807) is 4.31 Å². The lowest BCUT2D eigenvalue weighted by molar-refractivity contribution is 0.0133. The van der Waals surface area contributed by atoms with E-state index < -0.39 is 21.5 Å². The molecule has 1 N–H and O–H groups in total. The first-order valence-corrected chi connectivity index (χ1v) is 9.14. The number of sulfonamides is 1. The van der Waals surface area contributed by atoms with Gasteiger partial charge in [0.25, 0.3) is 0 Å². The Morgan fingerprint density at radius 2 is 1.95 bits per heavy atom. The van der Waals surface area contributed by atoms with E-state index >= 15 is 0 Å². The average Bonchev–Trinajstić information content (AvgIpc) is 2.73. The molecule has 2 saturated carbocycles. The molecule has 0 amide bonds. The third-order valence-electron chi connectivity index (χ3n) is 6.19. The van der Waals surface area contributed by atoms with Gasteiger partial charge in [0, 0.05) is 18.5 Å². The number of aliphatic hydroxyl groups is 1. The zero-order valence-corrected chi connectivity index (χ0v) is 13.2. The largest absolute Gasteiger partial charge is 0.392 e. The SMILES string of the molecule is CC1(C)[C@@H]2CC[C@@]1(CS(=O)(=O)N1CCOCC1)[C@H](O)C2. The molecule has 3 aliphatic rings. The highest BCUT2D eigenvalue weighted by Crippen LogP contribution is 2.66. The number of rotatable bonds is 3. The summed E-state index contributed by atoms with van der Waals surface area (Å²) in [4.78, 5) is 0. The van der Waals surface area contributed by atoms with Crippen LogP contribution in [0.1, 0.15) is 33.1 Å². The molecule has 1 heterocycles. The van der Waals surface area contributed by atoms with Gasteiger partial charge < -0.3 is 9.84 Å². The first-order valence-electron chi connectivity index (χ1n) is 7.53. The highest BCUT2D eigenvalue weighted by molar-refractivity contribution is 7.89. The normalized spacial score (nSPS) is 41.1. The number of hydrogen-bond acceptors (Lipinski definition) is 4. The zero-order valence-electron chi connectivity index (χ0n) is 12.3. The highest BCUT2D eigenvalue weighted by atomic mass is 32.2. The molecule has 1 saturated heterocycles. The van der Waals surface area contributed by atoms with Crippen molar-refractivity contribution in [3.05, 3.63) is 0 Å². The smallest absolute Gasteiger partial charge is 0.214 e. The predicted octanol–water partition coefficient (Wildman–Crippen LogP) is 0.836. The van der Waals surface area contributed by atoms with Gasteiger partial charge in [-0.1, -0.05) is 13.8 Å². The van der Waals surface area contributed by atoms with Crippen molar-refractivity contribution in [3.63, 3.8) is 0 Å². The van der Waals surface area contributed by atoms with Crippen LogP contribution in [-0.2, 0) is 14.8 Å². The number of fused-ring (bicyclic) bond motifs is 2.